The lowest BCUT2D eigenvalue weighted by molar-refractivity contribution is 0.355. The third-order valence-electron chi connectivity index (χ3n) is 3.84. The topological polar surface area (TPSA) is 82.6 Å². The predicted molar refractivity (Wildman–Crippen MR) is 93.0 cm³/mol. The highest BCUT2D eigenvalue weighted by atomic mass is 16.5. The summed E-state index contributed by atoms with van der Waals surface area (Å²) in [5, 5.41) is 7.24. The first kappa shape index (κ1) is 16.9. The maximum Gasteiger partial charge on any atom is 0.322 e. The van der Waals surface area contributed by atoms with Gasteiger partial charge < -0.3 is 23.7 Å². The Hall–Kier alpha value is -2.96. The van der Waals surface area contributed by atoms with Crippen LogP contribution in [0.1, 0.15) is 19.1 Å². The van der Waals surface area contributed by atoms with Gasteiger partial charge in [-0.15, -0.1) is 0 Å². The van der Waals surface area contributed by atoms with Gasteiger partial charge in [0.25, 0.3) is 0 Å². The zero-order valence-electron chi connectivity index (χ0n) is 14.5. The molecule has 1 aromatic carbocycles. The highest BCUT2D eigenvalue weighted by molar-refractivity contribution is 5.68. The fraction of sp³-hybridized carbons (Fsp3) is 0.333. The molecule has 0 radical (unpaired) electrons. The van der Waals surface area contributed by atoms with E-state index in [1.807, 2.05) is 30.3 Å². The van der Waals surface area contributed by atoms with Gasteiger partial charge in [-0.05, 0) is 37.6 Å². The Balaban J connectivity index is 1.68. The van der Waals surface area contributed by atoms with Gasteiger partial charge in [-0.1, -0.05) is 11.2 Å². The number of nitrogens with one attached hydrogen (secondary N) is 1. The zero-order valence-corrected chi connectivity index (χ0v) is 14.5. The Morgan fingerprint density at radius 1 is 1.16 bits per heavy atom. The number of hydrogen-bond donors (Lipinski definition) is 1. The van der Waals surface area contributed by atoms with E-state index in [-0.39, 0.29) is 6.04 Å². The van der Waals surface area contributed by atoms with Crippen molar-refractivity contribution in [2.45, 2.75) is 25.8 Å². The average Bonchev–Trinajstić information content (AvgIpc) is 3.31. The van der Waals surface area contributed by atoms with E-state index in [1.165, 1.54) is 0 Å². The first-order chi connectivity index (χ1) is 12.2. The summed E-state index contributed by atoms with van der Waals surface area (Å²) in [6, 6.07) is 9.91. The van der Waals surface area contributed by atoms with Gasteiger partial charge in [0, 0.05) is 12.5 Å². The Kier molecular flexibility index (Phi) is 5.23. The van der Waals surface area contributed by atoms with Gasteiger partial charge in [0.05, 0.1) is 26.0 Å². The largest absolute Gasteiger partial charge is 0.493 e. The monoisotopic (exact) mass is 343 g/mol. The van der Waals surface area contributed by atoms with Gasteiger partial charge in [0.2, 0.25) is 5.82 Å². The molecule has 3 aromatic rings. The highest BCUT2D eigenvalue weighted by Gasteiger charge is 2.17. The first-order valence-corrected chi connectivity index (χ1v) is 8.05. The molecule has 0 fully saturated rings. The maximum absolute atomic E-state index is 5.41. The Labute approximate surface area is 145 Å². The molecule has 7 nitrogen and oxygen atoms in total. The van der Waals surface area contributed by atoms with Crippen LogP contribution >= 0.6 is 0 Å². The molecule has 2 aromatic heterocycles. The van der Waals surface area contributed by atoms with Crippen LogP contribution in [-0.4, -0.2) is 30.4 Å². The van der Waals surface area contributed by atoms with Crippen LogP contribution < -0.4 is 14.8 Å². The number of aryl methyl sites for hydroxylation is 1. The standard InChI is InChI=1S/C18H21N3O4/c1-12(9-10-13-6-5-11-24-13)19-18-20-17(21-25-18)14-7-4-8-15(22-2)16(14)23-3/h4-8,11-12H,9-10H2,1-3H3,(H,19,20,21)/t12-/m1/s1. The molecule has 0 unspecified atom stereocenters. The molecule has 7 heteroatoms. The van der Waals surface area contributed by atoms with E-state index in [4.69, 9.17) is 18.4 Å². The van der Waals surface area contributed by atoms with Crippen molar-refractivity contribution in [3.8, 4) is 22.9 Å². The number of methoxy groups -OCH3 is 2. The number of hydrogen-bond acceptors (Lipinski definition) is 7. The molecule has 0 aliphatic rings. The molecule has 0 saturated heterocycles. The van der Waals surface area contributed by atoms with Crippen molar-refractivity contribution >= 4 is 6.01 Å². The summed E-state index contributed by atoms with van der Waals surface area (Å²) in [6.45, 7) is 2.05. The van der Waals surface area contributed by atoms with Crippen LogP contribution in [0.5, 0.6) is 11.5 Å². The molecule has 25 heavy (non-hydrogen) atoms. The number of para-hydroxylation sites is 1. The van der Waals surface area contributed by atoms with Crippen LogP contribution in [0, 0.1) is 0 Å². The van der Waals surface area contributed by atoms with Gasteiger partial charge in [-0.2, -0.15) is 4.98 Å². The minimum Gasteiger partial charge on any atom is -0.493 e. The summed E-state index contributed by atoms with van der Waals surface area (Å²) in [4.78, 5) is 4.40. The van der Waals surface area contributed by atoms with E-state index in [9.17, 15) is 0 Å². The number of nitrogens with zero attached hydrogens (tertiary/aromatic N) is 2. The maximum atomic E-state index is 5.41. The number of ether oxygens (including phenoxy) is 2. The fourth-order valence-electron chi connectivity index (χ4n) is 2.55. The van der Waals surface area contributed by atoms with Crippen LogP contribution in [0.3, 0.4) is 0 Å². The summed E-state index contributed by atoms with van der Waals surface area (Å²) in [6.07, 6.45) is 3.40. The highest BCUT2D eigenvalue weighted by Crippen LogP contribution is 2.36. The van der Waals surface area contributed by atoms with Gasteiger partial charge in [-0.3, -0.25) is 0 Å². The summed E-state index contributed by atoms with van der Waals surface area (Å²) < 4.78 is 21.4. The smallest absolute Gasteiger partial charge is 0.322 e. The van der Waals surface area contributed by atoms with Gasteiger partial charge in [-0.25, -0.2) is 0 Å². The van der Waals surface area contributed by atoms with E-state index in [2.05, 4.69) is 22.4 Å². The second-order valence-corrected chi connectivity index (χ2v) is 5.63. The van der Waals surface area contributed by atoms with E-state index in [1.54, 1.807) is 20.5 Å². The predicted octanol–water partition coefficient (Wildman–Crippen LogP) is 3.78. The van der Waals surface area contributed by atoms with Crippen molar-refractivity contribution in [1.29, 1.82) is 0 Å². The minimum atomic E-state index is 0.158. The molecule has 0 amide bonds. The molecule has 0 aliphatic heterocycles. The molecule has 1 atom stereocenters. The molecule has 0 aliphatic carbocycles. The molecule has 132 valence electrons. The molecule has 0 bridgehead atoms. The minimum absolute atomic E-state index is 0.158. The summed E-state index contributed by atoms with van der Waals surface area (Å²) >= 11 is 0. The van der Waals surface area contributed by atoms with Crippen LogP contribution in [-0.2, 0) is 6.42 Å². The molecule has 0 spiro atoms. The normalized spacial score (nSPS) is 12.0. The number of benzene rings is 1. The summed E-state index contributed by atoms with van der Waals surface area (Å²) in [7, 11) is 3.17. The summed E-state index contributed by atoms with van der Waals surface area (Å²) in [5.74, 6) is 2.59. The second-order valence-electron chi connectivity index (χ2n) is 5.63. The number of rotatable bonds is 8. The molecule has 1 N–H and O–H groups in total. The van der Waals surface area contributed by atoms with Crippen molar-refractivity contribution in [3.63, 3.8) is 0 Å². The molecule has 3 rings (SSSR count). The molecular weight excluding hydrogens is 322 g/mol. The number of furan rings is 1. The Morgan fingerprint density at radius 3 is 2.76 bits per heavy atom. The summed E-state index contributed by atoms with van der Waals surface area (Å²) in [5.41, 5.74) is 0.710. The SMILES string of the molecule is COc1cccc(-c2noc(N[C@H](C)CCc3ccco3)n2)c1OC. The van der Waals surface area contributed by atoms with Crippen molar-refractivity contribution in [2.75, 3.05) is 19.5 Å². The van der Waals surface area contributed by atoms with Gasteiger partial charge >= 0.3 is 6.01 Å². The zero-order chi connectivity index (χ0) is 17.6. The van der Waals surface area contributed by atoms with E-state index in [0.29, 0.717) is 28.9 Å². The van der Waals surface area contributed by atoms with Crippen LogP contribution in [0.15, 0.2) is 45.5 Å². The second kappa shape index (κ2) is 7.74. The Bertz CT molecular complexity index is 799. The van der Waals surface area contributed by atoms with Gasteiger partial charge in [0.15, 0.2) is 11.5 Å². The van der Waals surface area contributed by atoms with Crippen molar-refractivity contribution in [3.05, 3.63) is 42.4 Å². The van der Waals surface area contributed by atoms with E-state index in [0.717, 1.165) is 18.6 Å². The fourth-order valence-corrected chi connectivity index (χ4v) is 2.55. The van der Waals surface area contributed by atoms with E-state index >= 15 is 0 Å². The third-order valence-corrected chi connectivity index (χ3v) is 3.84. The molecule has 0 saturated carbocycles. The third kappa shape index (κ3) is 3.93. The first-order valence-electron chi connectivity index (χ1n) is 8.05. The Morgan fingerprint density at radius 2 is 2.04 bits per heavy atom. The van der Waals surface area contributed by atoms with Crippen molar-refractivity contribution in [2.24, 2.45) is 0 Å². The average molecular weight is 343 g/mol. The lowest BCUT2D eigenvalue weighted by Crippen LogP contribution is -2.16. The van der Waals surface area contributed by atoms with Gasteiger partial charge in [0.1, 0.15) is 5.76 Å². The number of aromatic nitrogens is 2. The van der Waals surface area contributed by atoms with Crippen molar-refractivity contribution in [1.82, 2.24) is 10.1 Å². The quantitative estimate of drug-likeness (QED) is 0.666. The molecule has 2 heterocycles. The number of anilines is 1. The molecular formula is C18H21N3O4. The van der Waals surface area contributed by atoms with E-state index < -0.39 is 0 Å². The van der Waals surface area contributed by atoms with Crippen molar-refractivity contribution < 1.29 is 18.4 Å². The van der Waals surface area contributed by atoms with Crippen LogP contribution in [0.4, 0.5) is 6.01 Å². The lowest BCUT2D eigenvalue weighted by Gasteiger charge is -2.10. The van der Waals surface area contributed by atoms with Crippen LogP contribution in [0.2, 0.25) is 0 Å². The lowest BCUT2D eigenvalue weighted by atomic mass is 10.1. The van der Waals surface area contributed by atoms with Crippen LogP contribution in [0.25, 0.3) is 11.4 Å².